The maximum Gasteiger partial charge on any atom is 0.277 e. The largest absolute Gasteiger partial charge is 0.482 e. The van der Waals surface area contributed by atoms with Gasteiger partial charge in [0.2, 0.25) is 0 Å². The molecule has 1 aromatic carbocycles. The molecule has 20 heavy (non-hydrogen) atoms. The molecule has 0 aliphatic heterocycles. The molecule has 0 aliphatic rings. The maximum absolute atomic E-state index is 11.6. The van der Waals surface area contributed by atoms with Crippen molar-refractivity contribution in [3.8, 4) is 5.75 Å². The molecule has 0 saturated carbocycles. The highest BCUT2D eigenvalue weighted by Crippen LogP contribution is 2.27. The Morgan fingerprint density at radius 3 is 2.55 bits per heavy atom. The summed E-state index contributed by atoms with van der Waals surface area (Å²) in [5.74, 6) is 0.0577. The van der Waals surface area contributed by atoms with Gasteiger partial charge in [0.1, 0.15) is 5.75 Å². The van der Waals surface area contributed by atoms with E-state index in [0.717, 1.165) is 5.71 Å². The SMILES string of the molecule is CC(=NNC(=O)COc1ccc(Cl)cc1Cl)C(C)(C)C. The van der Waals surface area contributed by atoms with E-state index >= 15 is 0 Å². The number of ether oxygens (including phenoxy) is 1. The molecule has 1 N–H and O–H groups in total. The zero-order valence-corrected chi connectivity index (χ0v) is 13.5. The molecule has 1 amide bonds. The average molecular weight is 317 g/mol. The van der Waals surface area contributed by atoms with Crippen LogP contribution in [-0.4, -0.2) is 18.2 Å². The lowest BCUT2D eigenvalue weighted by Crippen LogP contribution is -2.28. The van der Waals surface area contributed by atoms with Crippen LogP contribution in [0.4, 0.5) is 0 Å². The van der Waals surface area contributed by atoms with Crippen molar-refractivity contribution in [1.82, 2.24) is 5.43 Å². The normalized spacial score (nSPS) is 12.2. The number of nitrogens with one attached hydrogen (secondary N) is 1. The van der Waals surface area contributed by atoms with Gasteiger partial charge in [-0.15, -0.1) is 0 Å². The molecule has 4 nitrogen and oxygen atoms in total. The molecule has 110 valence electrons. The number of amides is 1. The van der Waals surface area contributed by atoms with E-state index in [1.165, 1.54) is 0 Å². The van der Waals surface area contributed by atoms with Gasteiger partial charge in [-0.3, -0.25) is 4.79 Å². The van der Waals surface area contributed by atoms with Gasteiger partial charge in [-0.1, -0.05) is 44.0 Å². The van der Waals surface area contributed by atoms with Gasteiger partial charge < -0.3 is 4.74 Å². The molecule has 0 spiro atoms. The number of carbonyl (C=O) groups is 1. The van der Waals surface area contributed by atoms with Crippen LogP contribution in [0.5, 0.6) is 5.75 Å². The number of carbonyl (C=O) groups excluding carboxylic acids is 1. The van der Waals surface area contributed by atoms with E-state index in [4.69, 9.17) is 27.9 Å². The van der Waals surface area contributed by atoms with E-state index in [0.29, 0.717) is 15.8 Å². The minimum absolute atomic E-state index is 0.0897. The number of hydrazone groups is 1. The maximum atomic E-state index is 11.6. The van der Waals surface area contributed by atoms with E-state index in [9.17, 15) is 4.79 Å². The first kappa shape index (κ1) is 16.8. The second kappa shape index (κ2) is 6.95. The Labute approximate surface area is 129 Å². The van der Waals surface area contributed by atoms with Crippen LogP contribution >= 0.6 is 23.2 Å². The molecule has 0 atom stereocenters. The van der Waals surface area contributed by atoms with Crippen LogP contribution in [0.15, 0.2) is 23.3 Å². The summed E-state index contributed by atoms with van der Waals surface area (Å²) in [5.41, 5.74) is 3.18. The lowest BCUT2D eigenvalue weighted by molar-refractivity contribution is -0.123. The molecule has 0 radical (unpaired) electrons. The number of rotatable bonds is 4. The van der Waals surface area contributed by atoms with Crippen molar-refractivity contribution in [2.75, 3.05) is 6.61 Å². The first-order valence-corrected chi connectivity index (χ1v) is 6.87. The smallest absolute Gasteiger partial charge is 0.277 e. The summed E-state index contributed by atoms with van der Waals surface area (Å²) >= 11 is 11.7. The van der Waals surface area contributed by atoms with Gasteiger partial charge in [0.15, 0.2) is 6.61 Å². The van der Waals surface area contributed by atoms with Crippen molar-refractivity contribution in [2.45, 2.75) is 27.7 Å². The van der Waals surface area contributed by atoms with Gasteiger partial charge in [-0.05, 0) is 25.1 Å². The van der Waals surface area contributed by atoms with Crippen LogP contribution in [0.2, 0.25) is 10.0 Å². The molecule has 0 saturated heterocycles. The lowest BCUT2D eigenvalue weighted by atomic mass is 9.91. The summed E-state index contributed by atoms with van der Waals surface area (Å²) in [5, 5.41) is 4.90. The first-order chi connectivity index (χ1) is 9.20. The van der Waals surface area contributed by atoms with E-state index in [1.54, 1.807) is 18.2 Å². The minimum atomic E-state index is -0.348. The van der Waals surface area contributed by atoms with E-state index in [-0.39, 0.29) is 17.9 Å². The zero-order chi connectivity index (χ0) is 15.3. The fraction of sp³-hybridized carbons (Fsp3) is 0.429. The van der Waals surface area contributed by atoms with Gasteiger partial charge in [0.25, 0.3) is 5.91 Å². The molecule has 0 aliphatic carbocycles. The van der Waals surface area contributed by atoms with Crippen LogP contribution in [0, 0.1) is 5.41 Å². The third-order valence-corrected chi connectivity index (χ3v) is 3.22. The lowest BCUT2D eigenvalue weighted by Gasteiger charge is -2.17. The van der Waals surface area contributed by atoms with Crippen molar-refractivity contribution in [1.29, 1.82) is 0 Å². The molecule has 0 unspecified atom stereocenters. The highest BCUT2D eigenvalue weighted by molar-refractivity contribution is 6.35. The van der Waals surface area contributed by atoms with Gasteiger partial charge in [0, 0.05) is 16.1 Å². The molecular formula is C14H18Cl2N2O2. The highest BCUT2D eigenvalue weighted by Gasteiger charge is 2.14. The Kier molecular flexibility index (Phi) is 5.84. The Morgan fingerprint density at radius 2 is 2.00 bits per heavy atom. The van der Waals surface area contributed by atoms with Gasteiger partial charge in [-0.2, -0.15) is 5.10 Å². The van der Waals surface area contributed by atoms with E-state index < -0.39 is 0 Å². The first-order valence-electron chi connectivity index (χ1n) is 6.11. The monoisotopic (exact) mass is 316 g/mol. The molecule has 0 heterocycles. The molecule has 0 fully saturated rings. The van der Waals surface area contributed by atoms with Crippen LogP contribution in [0.25, 0.3) is 0 Å². The second-order valence-electron chi connectivity index (χ2n) is 5.35. The van der Waals surface area contributed by atoms with Crippen molar-refractivity contribution in [3.05, 3.63) is 28.2 Å². The summed E-state index contributed by atoms with van der Waals surface area (Å²) in [6.07, 6.45) is 0. The number of nitrogens with zero attached hydrogens (tertiary/aromatic N) is 1. The fourth-order valence-electron chi connectivity index (χ4n) is 1.08. The van der Waals surface area contributed by atoms with Crippen molar-refractivity contribution >= 4 is 34.8 Å². The van der Waals surface area contributed by atoms with Crippen molar-refractivity contribution in [3.63, 3.8) is 0 Å². The number of benzene rings is 1. The molecule has 1 rings (SSSR count). The summed E-state index contributed by atoms with van der Waals surface area (Å²) in [6, 6.07) is 4.81. The molecular weight excluding hydrogens is 299 g/mol. The predicted molar refractivity (Wildman–Crippen MR) is 82.7 cm³/mol. The van der Waals surface area contributed by atoms with Gasteiger partial charge in [-0.25, -0.2) is 5.43 Å². The van der Waals surface area contributed by atoms with Crippen LogP contribution in [0.3, 0.4) is 0 Å². The van der Waals surface area contributed by atoms with E-state index in [1.807, 2.05) is 27.7 Å². The van der Waals surface area contributed by atoms with E-state index in [2.05, 4.69) is 10.5 Å². The third kappa shape index (κ3) is 5.39. The summed E-state index contributed by atoms with van der Waals surface area (Å²) in [4.78, 5) is 11.6. The zero-order valence-electron chi connectivity index (χ0n) is 12.0. The standard InChI is InChI=1S/C14H18Cl2N2O2/c1-9(14(2,3)4)17-18-13(19)8-20-12-6-5-10(15)7-11(12)16/h5-7H,8H2,1-4H3,(H,18,19). The topological polar surface area (TPSA) is 50.7 Å². The second-order valence-corrected chi connectivity index (χ2v) is 6.19. The summed E-state index contributed by atoms with van der Waals surface area (Å²) in [6.45, 7) is 7.74. The Balaban J connectivity index is 2.52. The molecule has 6 heteroatoms. The Morgan fingerprint density at radius 1 is 1.35 bits per heavy atom. The quantitative estimate of drug-likeness (QED) is 0.676. The van der Waals surface area contributed by atoms with Crippen molar-refractivity contribution < 1.29 is 9.53 Å². The predicted octanol–water partition coefficient (Wildman–Crippen LogP) is 3.91. The Hall–Kier alpha value is -1.26. The molecule has 0 aromatic heterocycles. The molecule has 1 aromatic rings. The molecule has 0 bridgehead atoms. The van der Waals surface area contributed by atoms with Crippen LogP contribution in [0.1, 0.15) is 27.7 Å². The Bertz CT molecular complexity index is 522. The number of halogens is 2. The third-order valence-electron chi connectivity index (χ3n) is 2.69. The summed E-state index contributed by atoms with van der Waals surface area (Å²) < 4.78 is 5.30. The summed E-state index contributed by atoms with van der Waals surface area (Å²) in [7, 11) is 0. The van der Waals surface area contributed by atoms with Gasteiger partial charge in [0.05, 0.1) is 5.02 Å². The van der Waals surface area contributed by atoms with Crippen molar-refractivity contribution in [2.24, 2.45) is 10.5 Å². The number of hydrogen-bond donors (Lipinski definition) is 1. The number of hydrogen-bond acceptors (Lipinski definition) is 3. The van der Waals surface area contributed by atoms with Crippen LogP contribution < -0.4 is 10.2 Å². The minimum Gasteiger partial charge on any atom is -0.482 e. The average Bonchev–Trinajstić information content (AvgIpc) is 2.33. The van der Waals surface area contributed by atoms with Crippen LogP contribution in [-0.2, 0) is 4.79 Å². The van der Waals surface area contributed by atoms with Gasteiger partial charge >= 0.3 is 0 Å². The fourth-order valence-corrected chi connectivity index (χ4v) is 1.54. The highest BCUT2D eigenvalue weighted by atomic mass is 35.5.